The van der Waals surface area contributed by atoms with E-state index in [9.17, 15) is 0 Å². The molecule has 0 aliphatic rings. The Bertz CT molecular complexity index is 557. The van der Waals surface area contributed by atoms with Crippen LogP contribution in [0.15, 0.2) is 18.2 Å². The van der Waals surface area contributed by atoms with Crippen molar-refractivity contribution in [2.24, 2.45) is 0 Å². The first-order chi connectivity index (χ1) is 7.99. The molecule has 88 valence electrons. The van der Waals surface area contributed by atoms with E-state index in [-0.39, 0.29) is 0 Å². The summed E-state index contributed by atoms with van der Waals surface area (Å²) in [6, 6.07) is 6.04. The standard InChI is InChI=1S/C13H12Cl2N2/c1-7-4-5-10(6-8(7)2)13-16-11(14)9(3)12(15)17-13/h4-6H,1-3H3. The first-order valence-corrected chi connectivity index (χ1v) is 6.02. The Morgan fingerprint density at radius 3 is 2.00 bits per heavy atom. The number of benzene rings is 1. The minimum Gasteiger partial charge on any atom is -0.216 e. The van der Waals surface area contributed by atoms with E-state index in [0.29, 0.717) is 21.7 Å². The lowest BCUT2D eigenvalue weighted by Gasteiger charge is -2.06. The van der Waals surface area contributed by atoms with Crippen LogP contribution in [0.2, 0.25) is 10.3 Å². The molecule has 2 nitrogen and oxygen atoms in total. The zero-order valence-corrected chi connectivity index (χ0v) is 11.4. The van der Waals surface area contributed by atoms with E-state index in [1.807, 2.05) is 18.2 Å². The molecule has 1 heterocycles. The summed E-state index contributed by atoms with van der Waals surface area (Å²) in [6.45, 7) is 5.92. The normalized spacial score (nSPS) is 10.6. The van der Waals surface area contributed by atoms with E-state index in [4.69, 9.17) is 23.2 Å². The first-order valence-electron chi connectivity index (χ1n) is 5.26. The maximum atomic E-state index is 6.00. The zero-order valence-electron chi connectivity index (χ0n) is 9.88. The van der Waals surface area contributed by atoms with Crippen LogP contribution in [-0.4, -0.2) is 9.97 Å². The van der Waals surface area contributed by atoms with E-state index in [1.165, 1.54) is 11.1 Å². The highest BCUT2D eigenvalue weighted by Gasteiger charge is 2.09. The van der Waals surface area contributed by atoms with Crippen molar-refractivity contribution in [2.45, 2.75) is 20.8 Å². The summed E-state index contributed by atoms with van der Waals surface area (Å²) < 4.78 is 0. The first kappa shape index (κ1) is 12.3. The fraction of sp³-hybridized carbons (Fsp3) is 0.231. The van der Waals surface area contributed by atoms with Gasteiger partial charge in [0.15, 0.2) is 5.82 Å². The van der Waals surface area contributed by atoms with Gasteiger partial charge in [0.2, 0.25) is 0 Å². The Hall–Kier alpha value is -1.12. The maximum absolute atomic E-state index is 6.00. The van der Waals surface area contributed by atoms with Gasteiger partial charge < -0.3 is 0 Å². The van der Waals surface area contributed by atoms with Crippen molar-refractivity contribution in [1.29, 1.82) is 0 Å². The Balaban J connectivity index is 2.57. The third-order valence-corrected chi connectivity index (χ3v) is 3.53. The van der Waals surface area contributed by atoms with E-state index < -0.39 is 0 Å². The van der Waals surface area contributed by atoms with Crippen molar-refractivity contribution >= 4 is 23.2 Å². The van der Waals surface area contributed by atoms with Gasteiger partial charge in [0.05, 0.1) is 0 Å². The summed E-state index contributed by atoms with van der Waals surface area (Å²) in [5.74, 6) is 0.564. The van der Waals surface area contributed by atoms with Crippen LogP contribution >= 0.6 is 23.2 Å². The van der Waals surface area contributed by atoms with Gasteiger partial charge in [-0.3, -0.25) is 0 Å². The molecule has 0 unspecified atom stereocenters. The summed E-state index contributed by atoms with van der Waals surface area (Å²) in [4.78, 5) is 8.49. The minimum absolute atomic E-state index is 0.401. The summed E-state index contributed by atoms with van der Waals surface area (Å²) in [5, 5.41) is 0.802. The third kappa shape index (κ3) is 2.43. The van der Waals surface area contributed by atoms with Crippen molar-refractivity contribution in [3.8, 4) is 11.4 Å². The average molecular weight is 267 g/mol. The fourth-order valence-corrected chi connectivity index (χ4v) is 1.86. The van der Waals surface area contributed by atoms with E-state index in [0.717, 1.165) is 5.56 Å². The summed E-state index contributed by atoms with van der Waals surface area (Å²) in [5.41, 5.74) is 4.06. The zero-order chi connectivity index (χ0) is 12.6. The van der Waals surface area contributed by atoms with Crippen LogP contribution < -0.4 is 0 Å². The number of aryl methyl sites for hydroxylation is 2. The van der Waals surface area contributed by atoms with Gasteiger partial charge in [-0.05, 0) is 38.0 Å². The minimum atomic E-state index is 0.401. The van der Waals surface area contributed by atoms with Gasteiger partial charge in [-0.1, -0.05) is 35.3 Å². The van der Waals surface area contributed by atoms with Gasteiger partial charge in [-0.25, -0.2) is 9.97 Å². The van der Waals surface area contributed by atoms with Gasteiger partial charge in [0.25, 0.3) is 0 Å². The SMILES string of the molecule is Cc1ccc(-c2nc(Cl)c(C)c(Cl)n2)cc1C. The molecule has 0 fully saturated rings. The molecule has 0 radical (unpaired) electrons. The molecule has 2 rings (SSSR count). The second-order valence-corrected chi connectivity index (χ2v) is 4.77. The van der Waals surface area contributed by atoms with Gasteiger partial charge in [0.1, 0.15) is 10.3 Å². The molecular formula is C13H12Cl2N2. The van der Waals surface area contributed by atoms with E-state index in [2.05, 4.69) is 23.8 Å². The average Bonchev–Trinajstić information content (AvgIpc) is 2.29. The van der Waals surface area contributed by atoms with Gasteiger partial charge in [-0.15, -0.1) is 0 Å². The fourth-order valence-electron chi connectivity index (χ4n) is 1.47. The molecule has 0 saturated carbocycles. The topological polar surface area (TPSA) is 25.8 Å². The highest BCUT2D eigenvalue weighted by atomic mass is 35.5. The number of halogens is 2. The van der Waals surface area contributed by atoms with Crippen LogP contribution in [0.4, 0.5) is 0 Å². The second-order valence-electron chi connectivity index (χ2n) is 4.05. The lowest BCUT2D eigenvalue weighted by atomic mass is 10.1. The van der Waals surface area contributed by atoms with Crippen LogP contribution in [-0.2, 0) is 0 Å². The monoisotopic (exact) mass is 266 g/mol. The Kier molecular flexibility index (Phi) is 3.36. The molecule has 1 aromatic heterocycles. The lowest BCUT2D eigenvalue weighted by molar-refractivity contribution is 1.13. The van der Waals surface area contributed by atoms with Crippen LogP contribution in [0, 0.1) is 20.8 Å². The largest absolute Gasteiger partial charge is 0.216 e. The van der Waals surface area contributed by atoms with Gasteiger partial charge in [0, 0.05) is 11.1 Å². The molecular weight excluding hydrogens is 255 g/mol. The van der Waals surface area contributed by atoms with E-state index in [1.54, 1.807) is 6.92 Å². The van der Waals surface area contributed by atoms with Crippen molar-refractivity contribution in [3.63, 3.8) is 0 Å². The molecule has 0 aliphatic carbocycles. The van der Waals surface area contributed by atoms with Crippen LogP contribution in [0.5, 0.6) is 0 Å². The van der Waals surface area contributed by atoms with Gasteiger partial charge in [-0.2, -0.15) is 0 Å². The summed E-state index contributed by atoms with van der Waals surface area (Å²) in [7, 11) is 0. The number of hydrogen-bond acceptors (Lipinski definition) is 2. The van der Waals surface area contributed by atoms with Crippen molar-refractivity contribution in [2.75, 3.05) is 0 Å². The Morgan fingerprint density at radius 2 is 1.47 bits per heavy atom. The third-order valence-electron chi connectivity index (χ3n) is 2.79. The molecule has 2 aromatic rings. The molecule has 0 atom stereocenters. The summed E-state index contributed by atoms with van der Waals surface area (Å²) >= 11 is 12.0. The molecule has 0 spiro atoms. The molecule has 0 saturated heterocycles. The molecule has 17 heavy (non-hydrogen) atoms. The predicted octanol–water partition coefficient (Wildman–Crippen LogP) is 4.38. The summed E-state index contributed by atoms with van der Waals surface area (Å²) in [6.07, 6.45) is 0. The molecule has 4 heteroatoms. The number of rotatable bonds is 1. The molecule has 0 amide bonds. The molecule has 0 aliphatic heterocycles. The second kappa shape index (κ2) is 4.63. The number of nitrogens with zero attached hydrogens (tertiary/aromatic N) is 2. The molecule has 0 N–H and O–H groups in total. The van der Waals surface area contributed by atoms with Crippen molar-refractivity contribution in [1.82, 2.24) is 9.97 Å². The quantitative estimate of drug-likeness (QED) is 0.717. The highest BCUT2D eigenvalue weighted by Crippen LogP contribution is 2.25. The predicted molar refractivity (Wildman–Crippen MR) is 71.7 cm³/mol. The van der Waals surface area contributed by atoms with Crippen LogP contribution in [0.25, 0.3) is 11.4 Å². The van der Waals surface area contributed by atoms with Crippen LogP contribution in [0.3, 0.4) is 0 Å². The molecule has 0 bridgehead atoms. The van der Waals surface area contributed by atoms with Crippen molar-refractivity contribution < 1.29 is 0 Å². The molecule has 1 aromatic carbocycles. The maximum Gasteiger partial charge on any atom is 0.162 e. The Labute approximate surface area is 111 Å². The van der Waals surface area contributed by atoms with Gasteiger partial charge >= 0.3 is 0 Å². The number of hydrogen-bond donors (Lipinski definition) is 0. The van der Waals surface area contributed by atoms with E-state index >= 15 is 0 Å². The van der Waals surface area contributed by atoms with Crippen LogP contribution in [0.1, 0.15) is 16.7 Å². The number of aromatic nitrogens is 2. The smallest absolute Gasteiger partial charge is 0.162 e. The Morgan fingerprint density at radius 1 is 0.882 bits per heavy atom. The van der Waals surface area contributed by atoms with Crippen molar-refractivity contribution in [3.05, 3.63) is 45.2 Å². The lowest BCUT2D eigenvalue weighted by Crippen LogP contribution is -1.94. The highest BCUT2D eigenvalue weighted by molar-refractivity contribution is 6.34.